The highest BCUT2D eigenvalue weighted by atomic mass is 15.2. The molecule has 0 spiro atoms. The highest BCUT2D eigenvalue weighted by Gasteiger charge is 2.06. The van der Waals surface area contributed by atoms with Crippen molar-refractivity contribution in [3.63, 3.8) is 0 Å². The van der Waals surface area contributed by atoms with E-state index in [0.717, 1.165) is 17.3 Å². The predicted molar refractivity (Wildman–Crippen MR) is 67.1 cm³/mol. The smallest absolute Gasteiger partial charge is 0.144 e. The molecule has 0 saturated carbocycles. The van der Waals surface area contributed by atoms with Gasteiger partial charge in [-0.25, -0.2) is 9.97 Å². The molecule has 0 aliphatic carbocycles. The number of pyridine rings is 1. The quantitative estimate of drug-likeness (QED) is 0.858. The number of anilines is 2. The Morgan fingerprint density at radius 1 is 1.29 bits per heavy atom. The van der Waals surface area contributed by atoms with Crippen LogP contribution in [0.4, 0.5) is 11.5 Å². The highest BCUT2D eigenvalue weighted by molar-refractivity contribution is 5.57. The number of aromatic nitrogens is 3. The molecule has 0 saturated heterocycles. The number of rotatable bonds is 4. The summed E-state index contributed by atoms with van der Waals surface area (Å²) in [7, 11) is 3.84. The van der Waals surface area contributed by atoms with Crippen LogP contribution in [0.1, 0.15) is 5.82 Å². The molecule has 0 fully saturated rings. The van der Waals surface area contributed by atoms with Crippen LogP contribution in [-0.2, 0) is 6.54 Å². The van der Waals surface area contributed by atoms with Crippen molar-refractivity contribution in [2.75, 3.05) is 19.0 Å². The number of nitrogens with zero attached hydrogens (tertiary/aromatic N) is 4. The van der Waals surface area contributed by atoms with Crippen molar-refractivity contribution in [1.29, 1.82) is 0 Å². The largest absolute Gasteiger partial charge is 0.328 e. The molecule has 2 heterocycles. The molecule has 0 radical (unpaired) electrons. The summed E-state index contributed by atoms with van der Waals surface area (Å²) < 4.78 is 0. The second kappa shape index (κ2) is 5.36. The van der Waals surface area contributed by atoms with Gasteiger partial charge in [0.1, 0.15) is 11.6 Å². The van der Waals surface area contributed by atoms with E-state index in [-0.39, 0.29) is 0 Å². The third kappa shape index (κ3) is 2.76. The molecule has 0 unspecified atom stereocenters. The first-order valence-electron chi connectivity index (χ1n) is 5.41. The fourth-order valence-electron chi connectivity index (χ4n) is 1.50. The zero-order valence-corrected chi connectivity index (χ0v) is 9.96. The molecule has 2 aromatic rings. The number of nitrogens with one attached hydrogen (secondary N) is 1. The summed E-state index contributed by atoms with van der Waals surface area (Å²) in [5.74, 6) is 1.64. The van der Waals surface area contributed by atoms with Gasteiger partial charge in [-0.1, -0.05) is 0 Å². The first kappa shape index (κ1) is 11.5. The maximum absolute atomic E-state index is 4.46. The summed E-state index contributed by atoms with van der Waals surface area (Å²) >= 11 is 0. The summed E-state index contributed by atoms with van der Waals surface area (Å²) in [6.07, 6.45) is 5.32. The molecule has 2 aromatic heterocycles. The van der Waals surface area contributed by atoms with E-state index in [1.807, 2.05) is 37.2 Å². The summed E-state index contributed by atoms with van der Waals surface area (Å²) in [6.45, 7) is 0.661. The standard InChI is InChI=1S/C12H15N5/c1-13-9-11-15-7-5-12(16-11)17(2)10-4-3-6-14-8-10/h3-8,13H,9H2,1-2H3. The molecule has 5 heteroatoms. The van der Waals surface area contributed by atoms with E-state index in [4.69, 9.17) is 0 Å². The first-order chi connectivity index (χ1) is 8.31. The molecule has 88 valence electrons. The first-order valence-corrected chi connectivity index (χ1v) is 5.41. The molecular formula is C12H15N5. The van der Waals surface area contributed by atoms with E-state index in [9.17, 15) is 0 Å². The van der Waals surface area contributed by atoms with Crippen LogP contribution in [-0.4, -0.2) is 29.0 Å². The van der Waals surface area contributed by atoms with Crippen molar-refractivity contribution < 1.29 is 0 Å². The van der Waals surface area contributed by atoms with Crippen LogP contribution in [0.3, 0.4) is 0 Å². The van der Waals surface area contributed by atoms with Crippen molar-refractivity contribution in [2.24, 2.45) is 0 Å². The molecular weight excluding hydrogens is 214 g/mol. The molecule has 5 nitrogen and oxygen atoms in total. The zero-order chi connectivity index (χ0) is 12.1. The summed E-state index contributed by atoms with van der Waals surface area (Å²) in [6, 6.07) is 5.78. The molecule has 0 aromatic carbocycles. The van der Waals surface area contributed by atoms with Gasteiger partial charge in [0.15, 0.2) is 0 Å². The van der Waals surface area contributed by atoms with Crippen LogP contribution in [0.25, 0.3) is 0 Å². The van der Waals surface area contributed by atoms with Gasteiger partial charge in [-0.3, -0.25) is 4.98 Å². The lowest BCUT2D eigenvalue weighted by Gasteiger charge is -2.17. The zero-order valence-electron chi connectivity index (χ0n) is 9.96. The minimum absolute atomic E-state index is 0.661. The highest BCUT2D eigenvalue weighted by Crippen LogP contribution is 2.19. The molecule has 0 aliphatic heterocycles. The van der Waals surface area contributed by atoms with Crippen LogP contribution in [0.2, 0.25) is 0 Å². The van der Waals surface area contributed by atoms with E-state index in [0.29, 0.717) is 6.54 Å². The average molecular weight is 229 g/mol. The van der Waals surface area contributed by atoms with Crippen molar-refractivity contribution in [3.05, 3.63) is 42.6 Å². The maximum atomic E-state index is 4.46. The molecule has 17 heavy (non-hydrogen) atoms. The Morgan fingerprint density at radius 3 is 2.88 bits per heavy atom. The molecule has 0 bridgehead atoms. The fourth-order valence-corrected chi connectivity index (χ4v) is 1.50. The van der Waals surface area contributed by atoms with Crippen molar-refractivity contribution in [2.45, 2.75) is 6.54 Å². The normalized spacial score (nSPS) is 10.2. The van der Waals surface area contributed by atoms with Gasteiger partial charge in [0.2, 0.25) is 0 Å². The lowest BCUT2D eigenvalue weighted by Crippen LogP contribution is -2.15. The van der Waals surface area contributed by atoms with Gasteiger partial charge < -0.3 is 10.2 Å². The van der Waals surface area contributed by atoms with Crippen molar-refractivity contribution in [3.8, 4) is 0 Å². The van der Waals surface area contributed by atoms with Gasteiger partial charge in [0.05, 0.1) is 18.4 Å². The van der Waals surface area contributed by atoms with Crippen molar-refractivity contribution >= 4 is 11.5 Å². The number of hydrogen-bond donors (Lipinski definition) is 1. The van der Waals surface area contributed by atoms with E-state index >= 15 is 0 Å². The lowest BCUT2D eigenvalue weighted by molar-refractivity contribution is 0.757. The van der Waals surface area contributed by atoms with E-state index in [1.54, 1.807) is 18.6 Å². The predicted octanol–water partition coefficient (Wildman–Crippen LogP) is 1.36. The Balaban J connectivity index is 2.25. The minimum Gasteiger partial charge on any atom is -0.328 e. The summed E-state index contributed by atoms with van der Waals surface area (Å²) in [5.41, 5.74) is 1.00. The molecule has 2 rings (SSSR count). The van der Waals surface area contributed by atoms with Crippen LogP contribution in [0.15, 0.2) is 36.8 Å². The van der Waals surface area contributed by atoms with Gasteiger partial charge in [0, 0.05) is 19.4 Å². The topological polar surface area (TPSA) is 53.9 Å². The number of hydrogen-bond acceptors (Lipinski definition) is 5. The van der Waals surface area contributed by atoms with Gasteiger partial charge in [-0.05, 0) is 25.2 Å². The van der Waals surface area contributed by atoms with Gasteiger partial charge in [-0.2, -0.15) is 0 Å². The minimum atomic E-state index is 0.661. The molecule has 0 atom stereocenters. The molecule has 1 N–H and O–H groups in total. The fraction of sp³-hybridized carbons (Fsp3) is 0.250. The average Bonchev–Trinajstić information content (AvgIpc) is 2.40. The SMILES string of the molecule is CNCc1nccc(N(C)c2cccnc2)n1. The third-order valence-electron chi connectivity index (χ3n) is 2.40. The lowest BCUT2D eigenvalue weighted by atomic mass is 10.3. The third-order valence-corrected chi connectivity index (χ3v) is 2.40. The molecule has 0 amide bonds. The Labute approximate surface area is 101 Å². The Bertz CT molecular complexity index is 471. The van der Waals surface area contributed by atoms with Gasteiger partial charge >= 0.3 is 0 Å². The van der Waals surface area contributed by atoms with Crippen LogP contribution in [0, 0.1) is 0 Å². The van der Waals surface area contributed by atoms with Gasteiger partial charge in [0.25, 0.3) is 0 Å². The maximum Gasteiger partial charge on any atom is 0.144 e. The van der Waals surface area contributed by atoms with Crippen molar-refractivity contribution in [1.82, 2.24) is 20.3 Å². The monoisotopic (exact) mass is 229 g/mol. The summed E-state index contributed by atoms with van der Waals surface area (Å²) in [4.78, 5) is 14.7. The van der Waals surface area contributed by atoms with E-state index in [2.05, 4.69) is 20.3 Å². The van der Waals surface area contributed by atoms with Gasteiger partial charge in [-0.15, -0.1) is 0 Å². The Hall–Kier alpha value is -2.01. The Morgan fingerprint density at radius 2 is 2.18 bits per heavy atom. The second-order valence-electron chi connectivity index (χ2n) is 3.63. The van der Waals surface area contributed by atoms with E-state index < -0.39 is 0 Å². The second-order valence-corrected chi connectivity index (χ2v) is 3.63. The Kier molecular flexibility index (Phi) is 3.62. The summed E-state index contributed by atoms with van der Waals surface area (Å²) in [5, 5.41) is 3.03. The van der Waals surface area contributed by atoms with Crippen LogP contribution < -0.4 is 10.2 Å². The van der Waals surface area contributed by atoms with Crippen LogP contribution in [0.5, 0.6) is 0 Å². The van der Waals surface area contributed by atoms with Crippen LogP contribution >= 0.6 is 0 Å². The van der Waals surface area contributed by atoms with E-state index in [1.165, 1.54) is 0 Å². The molecule has 0 aliphatic rings.